The van der Waals surface area contributed by atoms with Crippen LogP contribution in [-0.4, -0.2) is 19.1 Å². The van der Waals surface area contributed by atoms with E-state index in [1.54, 1.807) is 7.11 Å². The Morgan fingerprint density at radius 2 is 1.59 bits per heavy atom. The second-order valence-electron chi connectivity index (χ2n) is 10.2. The lowest BCUT2D eigenvalue weighted by atomic mass is 9.71. The number of hydrogen-bond donors (Lipinski definition) is 3. The van der Waals surface area contributed by atoms with Gasteiger partial charge in [0.25, 0.3) is 0 Å². The summed E-state index contributed by atoms with van der Waals surface area (Å²) in [5.74, 6) is 0.801. The summed E-state index contributed by atoms with van der Waals surface area (Å²) in [5.41, 5.74) is 2.21. The predicted octanol–water partition coefficient (Wildman–Crippen LogP) is 6.68. The predicted molar refractivity (Wildman–Crippen MR) is 138 cm³/mol. The van der Waals surface area contributed by atoms with Crippen molar-refractivity contribution < 1.29 is 9.53 Å². The Hall–Kier alpha value is -2.40. The number of carbonyl (C=O) groups is 1. The van der Waals surface area contributed by atoms with Crippen molar-refractivity contribution in [1.29, 1.82) is 0 Å². The lowest BCUT2D eigenvalue weighted by Gasteiger charge is -2.44. The highest BCUT2D eigenvalue weighted by molar-refractivity contribution is 6.32. The van der Waals surface area contributed by atoms with E-state index in [4.69, 9.17) is 16.3 Å². The molecule has 2 aliphatic carbocycles. The monoisotopic (exact) mass is 481 g/mol. The Kier molecular flexibility index (Phi) is 6.91. The van der Waals surface area contributed by atoms with Gasteiger partial charge in [0.2, 0.25) is 5.91 Å². The zero-order valence-electron chi connectivity index (χ0n) is 20.0. The summed E-state index contributed by atoms with van der Waals surface area (Å²) in [6.45, 7) is 0. The van der Waals surface area contributed by atoms with Gasteiger partial charge in [0.05, 0.1) is 29.4 Å². The van der Waals surface area contributed by atoms with Crippen molar-refractivity contribution in [2.45, 2.75) is 75.9 Å². The molecule has 0 bridgehead atoms. The Balaban J connectivity index is 1.58. The molecule has 0 radical (unpaired) electrons. The van der Waals surface area contributed by atoms with E-state index in [0.29, 0.717) is 10.8 Å². The Morgan fingerprint density at radius 3 is 2.18 bits per heavy atom. The van der Waals surface area contributed by atoms with Crippen molar-refractivity contribution in [1.82, 2.24) is 5.32 Å². The number of amides is 1. The minimum absolute atomic E-state index is 0.151. The molecule has 2 aromatic rings. The minimum Gasteiger partial charge on any atom is -0.495 e. The molecule has 1 amide bonds. The number of nitrogens with one attached hydrogen (secondary N) is 3. The van der Waals surface area contributed by atoms with Gasteiger partial charge in [0, 0.05) is 11.6 Å². The number of carbonyl (C=O) groups excluding carboxylic acids is 1. The van der Waals surface area contributed by atoms with Crippen molar-refractivity contribution in [3.05, 3.63) is 53.1 Å². The van der Waals surface area contributed by atoms with Crippen LogP contribution >= 0.6 is 11.6 Å². The van der Waals surface area contributed by atoms with Crippen LogP contribution in [0.15, 0.2) is 42.5 Å². The first kappa shape index (κ1) is 23.3. The zero-order valence-corrected chi connectivity index (χ0v) is 20.8. The molecule has 1 unspecified atom stereocenters. The number of ether oxygens (including phenoxy) is 1. The second kappa shape index (κ2) is 10.1. The van der Waals surface area contributed by atoms with Crippen molar-refractivity contribution in [2.24, 2.45) is 11.8 Å². The number of halogens is 1. The standard InChI is InChI=1S/C28H36ClN3O2/c1-34-25-17-16-20(18-22(25)29)28(31-23-14-8-9-15-24(23)32-28)26(19-10-4-2-5-11-19)27(33)30-21-12-6-3-7-13-21/h8-9,14-19,21,26,31-32H,2-7,10-13H2,1H3,(H,30,33). The molecule has 6 heteroatoms. The normalized spacial score (nSPS) is 21.1. The third-order valence-corrected chi connectivity index (χ3v) is 8.32. The summed E-state index contributed by atoms with van der Waals surface area (Å²) in [6.07, 6.45) is 11.5. The topological polar surface area (TPSA) is 62.4 Å². The maximum absolute atomic E-state index is 14.2. The zero-order chi connectivity index (χ0) is 23.5. The van der Waals surface area contributed by atoms with Crippen LogP contribution < -0.4 is 20.7 Å². The largest absolute Gasteiger partial charge is 0.495 e. The number of methoxy groups -OCH3 is 1. The summed E-state index contributed by atoms with van der Waals surface area (Å²) in [6, 6.07) is 14.4. The summed E-state index contributed by atoms with van der Waals surface area (Å²) in [5, 5.41) is 11.6. The number of fused-ring (bicyclic) bond motifs is 1. The number of hydrogen-bond acceptors (Lipinski definition) is 4. The van der Waals surface area contributed by atoms with E-state index in [1.807, 2.05) is 30.3 Å². The second-order valence-corrected chi connectivity index (χ2v) is 10.6. The van der Waals surface area contributed by atoms with Crippen molar-refractivity contribution in [2.75, 3.05) is 17.7 Å². The average Bonchev–Trinajstić information content (AvgIpc) is 3.25. The van der Waals surface area contributed by atoms with E-state index in [-0.39, 0.29) is 23.8 Å². The molecule has 3 aliphatic rings. The number of para-hydroxylation sites is 2. The lowest BCUT2D eigenvalue weighted by Crippen LogP contribution is -2.56. The molecule has 2 saturated carbocycles. The molecule has 0 aromatic heterocycles. The summed E-state index contributed by atoms with van der Waals surface area (Å²) in [4.78, 5) is 14.2. The van der Waals surface area contributed by atoms with Gasteiger partial charge in [-0.05, 0) is 55.9 Å². The number of anilines is 2. The van der Waals surface area contributed by atoms with E-state index < -0.39 is 5.66 Å². The Labute approximate surface area is 208 Å². The third kappa shape index (κ3) is 4.47. The van der Waals surface area contributed by atoms with Gasteiger partial charge < -0.3 is 20.7 Å². The van der Waals surface area contributed by atoms with Gasteiger partial charge in [0.15, 0.2) is 0 Å². The molecule has 1 atom stereocenters. The molecule has 0 spiro atoms. The fourth-order valence-electron chi connectivity index (χ4n) is 6.32. The summed E-state index contributed by atoms with van der Waals surface area (Å²) >= 11 is 6.63. The fraction of sp³-hybridized carbons (Fsp3) is 0.536. The first-order chi connectivity index (χ1) is 16.6. The van der Waals surface area contributed by atoms with Gasteiger partial charge in [-0.25, -0.2) is 0 Å². The quantitative estimate of drug-likeness (QED) is 0.430. The van der Waals surface area contributed by atoms with Gasteiger partial charge >= 0.3 is 0 Å². The van der Waals surface area contributed by atoms with Gasteiger partial charge in [-0.3, -0.25) is 4.79 Å². The summed E-state index contributed by atoms with van der Waals surface area (Å²) < 4.78 is 5.43. The molecule has 0 saturated heterocycles. The molecule has 5 nitrogen and oxygen atoms in total. The van der Waals surface area contributed by atoms with Crippen LogP contribution in [0.3, 0.4) is 0 Å². The highest BCUT2D eigenvalue weighted by Gasteiger charge is 2.52. The smallest absolute Gasteiger partial charge is 0.228 e. The maximum Gasteiger partial charge on any atom is 0.228 e. The van der Waals surface area contributed by atoms with Crippen LogP contribution in [0, 0.1) is 11.8 Å². The van der Waals surface area contributed by atoms with Crippen LogP contribution in [0.5, 0.6) is 5.75 Å². The van der Waals surface area contributed by atoms with E-state index in [2.05, 4.69) is 28.1 Å². The molecule has 182 valence electrons. The molecule has 2 aromatic carbocycles. The molecule has 34 heavy (non-hydrogen) atoms. The van der Waals surface area contributed by atoms with Crippen LogP contribution in [0.1, 0.15) is 69.8 Å². The van der Waals surface area contributed by atoms with Gasteiger partial charge in [-0.1, -0.05) is 68.3 Å². The van der Waals surface area contributed by atoms with E-state index in [1.165, 1.54) is 38.5 Å². The van der Waals surface area contributed by atoms with Gasteiger partial charge in [-0.2, -0.15) is 0 Å². The maximum atomic E-state index is 14.2. The highest BCUT2D eigenvalue weighted by atomic mass is 35.5. The van der Waals surface area contributed by atoms with Crippen LogP contribution in [0.2, 0.25) is 5.02 Å². The van der Waals surface area contributed by atoms with E-state index in [0.717, 1.165) is 42.6 Å². The molecule has 1 heterocycles. The van der Waals surface area contributed by atoms with Crippen molar-refractivity contribution >= 4 is 28.9 Å². The number of rotatable bonds is 6. The van der Waals surface area contributed by atoms with E-state index in [9.17, 15) is 4.79 Å². The third-order valence-electron chi connectivity index (χ3n) is 8.02. The van der Waals surface area contributed by atoms with Gasteiger partial charge in [0.1, 0.15) is 11.4 Å². The molecular weight excluding hydrogens is 446 g/mol. The Morgan fingerprint density at radius 1 is 0.971 bits per heavy atom. The number of benzene rings is 2. The lowest BCUT2D eigenvalue weighted by molar-refractivity contribution is -0.130. The SMILES string of the molecule is COc1ccc(C2(C(C(=O)NC3CCCCC3)C3CCCCC3)Nc3ccccc3N2)cc1Cl. The fourth-order valence-corrected chi connectivity index (χ4v) is 6.58. The Bertz CT molecular complexity index is 989. The van der Waals surface area contributed by atoms with E-state index >= 15 is 0 Å². The van der Waals surface area contributed by atoms with Crippen molar-refractivity contribution in [3.8, 4) is 5.75 Å². The molecule has 5 rings (SSSR count). The molecule has 2 fully saturated rings. The first-order valence-electron chi connectivity index (χ1n) is 12.9. The average molecular weight is 482 g/mol. The van der Waals surface area contributed by atoms with Gasteiger partial charge in [-0.15, -0.1) is 0 Å². The van der Waals surface area contributed by atoms with Crippen LogP contribution in [0.4, 0.5) is 11.4 Å². The molecule has 3 N–H and O–H groups in total. The first-order valence-corrected chi connectivity index (χ1v) is 13.3. The minimum atomic E-state index is -0.777. The highest BCUT2D eigenvalue weighted by Crippen LogP contribution is 2.49. The molecular formula is C28H36ClN3O2. The van der Waals surface area contributed by atoms with Crippen LogP contribution in [-0.2, 0) is 10.5 Å². The summed E-state index contributed by atoms with van der Waals surface area (Å²) in [7, 11) is 1.63. The van der Waals surface area contributed by atoms with Crippen LogP contribution in [0.25, 0.3) is 0 Å². The van der Waals surface area contributed by atoms with Crippen molar-refractivity contribution in [3.63, 3.8) is 0 Å². The molecule has 1 aliphatic heterocycles.